The Balaban J connectivity index is 1.52. The second kappa shape index (κ2) is 9.68. The molecular formula is C25H34F3N5O4. The lowest BCUT2D eigenvalue weighted by molar-refractivity contribution is -0.143. The van der Waals surface area contributed by atoms with Crippen molar-refractivity contribution in [1.82, 2.24) is 20.4 Å². The van der Waals surface area contributed by atoms with Gasteiger partial charge in [-0.25, -0.2) is 9.48 Å². The summed E-state index contributed by atoms with van der Waals surface area (Å²) < 4.78 is 47.9. The summed E-state index contributed by atoms with van der Waals surface area (Å²) in [4.78, 5) is 36.0. The average molecular weight is 526 g/mol. The van der Waals surface area contributed by atoms with Crippen molar-refractivity contribution in [1.29, 1.82) is 0 Å². The summed E-state index contributed by atoms with van der Waals surface area (Å²) in [5.74, 6) is -0.426. The van der Waals surface area contributed by atoms with Gasteiger partial charge in [0.25, 0.3) is 5.91 Å². The van der Waals surface area contributed by atoms with E-state index < -0.39 is 35.0 Å². The van der Waals surface area contributed by atoms with E-state index in [4.69, 9.17) is 10.5 Å². The number of carbonyl (C=O) groups excluding carboxylic acids is 3. The molecule has 4 bridgehead atoms. The number of aromatic nitrogens is 2. The number of amides is 3. The van der Waals surface area contributed by atoms with E-state index in [9.17, 15) is 27.6 Å². The van der Waals surface area contributed by atoms with E-state index in [1.165, 1.54) is 6.08 Å². The zero-order chi connectivity index (χ0) is 27.2. The summed E-state index contributed by atoms with van der Waals surface area (Å²) in [6.07, 6.45) is 2.18. The standard InChI is InChI=1S/C25H34F3N5O4/c1-4-18(34)32-23(2,3)5-6-33-20(25(26,27)28)17(12-30-33)21(35)31-19-15-7-14-8-16(19)11-24(9-14,10-15)13-37-22(29)36/h5-6,12,14-16,19H,4,7-11,13H2,1-3H3,(H2,29,36)(H,31,35)(H,32,34)/b6-5+. The summed E-state index contributed by atoms with van der Waals surface area (Å²) in [7, 11) is 0. The molecule has 0 aromatic carbocycles. The van der Waals surface area contributed by atoms with Crippen molar-refractivity contribution < 1.29 is 32.3 Å². The summed E-state index contributed by atoms with van der Waals surface area (Å²) in [6, 6.07) is -0.256. The zero-order valence-electron chi connectivity index (χ0n) is 21.2. The molecule has 1 heterocycles. The molecule has 4 fully saturated rings. The van der Waals surface area contributed by atoms with Crippen LogP contribution < -0.4 is 16.4 Å². The van der Waals surface area contributed by atoms with Gasteiger partial charge in [-0.05, 0) is 69.8 Å². The number of rotatable bonds is 8. The van der Waals surface area contributed by atoms with Crippen LogP contribution in [-0.4, -0.2) is 45.9 Å². The van der Waals surface area contributed by atoms with Gasteiger partial charge in [-0.3, -0.25) is 9.59 Å². The van der Waals surface area contributed by atoms with E-state index in [0.717, 1.165) is 44.5 Å². The van der Waals surface area contributed by atoms with Crippen LogP contribution in [-0.2, 0) is 15.7 Å². The number of nitrogens with zero attached hydrogens (tertiary/aromatic N) is 2. The van der Waals surface area contributed by atoms with Gasteiger partial charge in [0.1, 0.15) is 0 Å². The molecule has 5 rings (SSSR count). The molecule has 4 aliphatic carbocycles. The lowest BCUT2D eigenvalue weighted by Crippen LogP contribution is -2.60. The first-order chi connectivity index (χ1) is 17.2. The Morgan fingerprint density at radius 2 is 1.86 bits per heavy atom. The van der Waals surface area contributed by atoms with Gasteiger partial charge in [0.15, 0.2) is 5.69 Å². The van der Waals surface area contributed by atoms with E-state index in [1.54, 1.807) is 20.8 Å². The number of primary amides is 1. The average Bonchev–Trinajstić information content (AvgIpc) is 3.23. The van der Waals surface area contributed by atoms with Crippen molar-refractivity contribution >= 4 is 24.1 Å². The second-order valence-corrected chi connectivity index (χ2v) is 11.4. The Labute approximate surface area is 213 Å². The highest BCUT2D eigenvalue weighted by atomic mass is 19.4. The Hall–Kier alpha value is -3.05. The van der Waals surface area contributed by atoms with E-state index in [-0.39, 0.29) is 42.2 Å². The molecule has 2 atom stereocenters. The Kier molecular flexibility index (Phi) is 7.06. The van der Waals surface area contributed by atoms with Gasteiger partial charge >= 0.3 is 12.3 Å². The zero-order valence-corrected chi connectivity index (χ0v) is 21.2. The van der Waals surface area contributed by atoms with Gasteiger partial charge < -0.3 is 21.1 Å². The first-order valence-corrected chi connectivity index (χ1v) is 12.6. The molecule has 0 radical (unpaired) electrons. The first-order valence-electron chi connectivity index (χ1n) is 12.6. The third-order valence-corrected chi connectivity index (χ3v) is 7.94. The second-order valence-electron chi connectivity index (χ2n) is 11.4. The third-order valence-electron chi connectivity index (χ3n) is 7.94. The number of nitrogens with two attached hydrogens (primary N) is 1. The quantitative estimate of drug-likeness (QED) is 0.477. The van der Waals surface area contributed by atoms with Gasteiger partial charge in [0, 0.05) is 24.1 Å². The summed E-state index contributed by atoms with van der Waals surface area (Å²) in [5.41, 5.74) is 2.34. The molecule has 4 aliphatic rings. The number of nitrogens with one attached hydrogen (secondary N) is 2. The third kappa shape index (κ3) is 5.77. The number of hydrogen-bond donors (Lipinski definition) is 3. The van der Waals surface area contributed by atoms with Crippen molar-refractivity contribution in [3.05, 3.63) is 23.5 Å². The van der Waals surface area contributed by atoms with Gasteiger partial charge in [-0.1, -0.05) is 6.92 Å². The summed E-state index contributed by atoms with van der Waals surface area (Å²) >= 11 is 0. The largest absolute Gasteiger partial charge is 0.449 e. The normalized spacial score (nSPS) is 28.9. The summed E-state index contributed by atoms with van der Waals surface area (Å²) in [6.45, 7) is 5.20. The van der Waals surface area contributed by atoms with Crippen LogP contribution in [0, 0.1) is 23.2 Å². The topological polar surface area (TPSA) is 128 Å². The minimum Gasteiger partial charge on any atom is -0.449 e. The van der Waals surface area contributed by atoms with Crippen LogP contribution in [0.5, 0.6) is 0 Å². The highest BCUT2D eigenvalue weighted by Crippen LogP contribution is 2.60. The Morgan fingerprint density at radius 1 is 1.22 bits per heavy atom. The molecule has 3 amide bonds. The van der Waals surface area contributed by atoms with Crippen LogP contribution in [0.25, 0.3) is 6.20 Å². The molecule has 1 aromatic heterocycles. The number of ether oxygens (including phenoxy) is 1. The molecule has 37 heavy (non-hydrogen) atoms. The molecule has 4 saturated carbocycles. The molecule has 204 valence electrons. The van der Waals surface area contributed by atoms with Gasteiger partial charge in [-0.15, -0.1) is 0 Å². The van der Waals surface area contributed by atoms with Gasteiger partial charge in [0.2, 0.25) is 5.91 Å². The highest BCUT2D eigenvalue weighted by Gasteiger charge is 2.56. The lowest BCUT2D eigenvalue weighted by atomic mass is 9.48. The molecule has 12 heteroatoms. The van der Waals surface area contributed by atoms with Crippen LogP contribution in [0.4, 0.5) is 18.0 Å². The fourth-order valence-corrected chi connectivity index (χ4v) is 6.73. The molecular weight excluding hydrogens is 491 g/mol. The molecule has 0 saturated heterocycles. The van der Waals surface area contributed by atoms with Crippen LogP contribution in [0.1, 0.15) is 75.3 Å². The van der Waals surface area contributed by atoms with Crippen molar-refractivity contribution in [2.24, 2.45) is 28.9 Å². The molecule has 4 N–H and O–H groups in total. The Morgan fingerprint density at radius 3 is 2.43 bits per heavy atom. The molecule has 9 nitrogen and oxygen atoms in total. The first kappa shape index (κ1) is 27.0. The predicted octanol–water partition coefficient (Wildman–Crippen LogP) is 3.70. The van der Waals surface area contributed by atoms with E-state index in [0.29, 0.717) is 10.6 Å². The maximum atomic E-state index is 14.1. The minimum atomic E-state index is -4.83. The monoisotopic (exact) mass is 525 g/mol. The molecule has 0 spiro atoms. The summed E-state index contributed by atoms with van der Waals surface area (Å²) in [5, 5.41) is 9.41. The van der Waals surface area contributed by atoms with Crippen LogP contribution in [0.2, 0.25) is 0 Å². The fraction of sp³-hybridized carbons (Fsp3) is 0.680. The SMILES string of the molecule is CCC(=O)NC(C)(C)/C=C/n1ncc(C(=O)NC2C3CC4CC2CC(COC(N)=O)(C4)C3)c1C(F)(F)F. The molecule has 1 aromatic rings. The van der Waals surface area contributed by atoms with Crippen LogP contribution in [0.15, 0.2) is 12.3 Å². The number of alkyl halides is 3. The van der Waals surface area contributed by atoms with Crippen LogP contribution in [0.3, 0.4) is 0 Å². The van der Waals surface area contributed by atoms with Crippen LogP contribution >= 0.6 is 0 Å². The maximum Gasteiger partial charge on any atom is 0.434 e. The minimum absolute atomic E-state index is 0.0962. The molecule has 2 unspecified atom stereocenters. The van der Waals surface area contributed by atoms with Crippen molar-refractivity contribution in [2.75, 3.05) is 6.61 Å². The highest BCUT2D eigenvalue weighted by molar-refractivity contribution is 5.95. The number of carbonyl (C=O) groups is 3. The Bertz CT molecular complexity index is 1080. The van der Waals surface area contributed by atoms with Crippen molar-refractivity contribution in [3.63, 3.8) is 0 Å². The van der Waals surface area contributed by atoms with E-state index >= 15 is 0 Å². The lowest BCUT2D eigenvalue weighted by Gasteiger charge is -2.59. The molecule has 0 aliphatic heterocycles. The smallest absolute Gasteiger partial charge is 0.434 e. The van der Waals surface area contributed by atoms with Crippen molar-refractivity contribution in [2.45, 2.75) is 77.1 Å². The van der Waals surface area contributed by atoms with E-state index in [1.807, 2.05) is 0 Å². The van der Waals surface area contributed by atoms with Gasteiger partial charge in [0.05, 0.1) is 23.9 Å². The van der Waals surface area contributed by atoms with Crippen molar-refractivity contribution in [3.8, 4) is 0 Å². The fourth-order valence-electron chi connectivity index (χ4n) is 6.73. The van der Waals surface area contributed by atoms with E-state index in [2.05, 4.69) is 15.7 Å². The maximum absolute atomic E-state index is 14.1. The predicted molar refractivity (Wildman–Crippen MR) is 128 cm³/mol. The number of hydrogen-bond acceptors (Lipinski definition) is 5. The van der Waals surface area contributed by atoms with Gasteiger partial charge in [-0.2, -0.15) is 18.3 Å². The number of halogens is 3.